The minimum Gasteiger partial charge on any atom is -0.462 e. The van der Waals surface area contributed by atoms with Gasteiger partial charge in [-0.05, 0) is 55.4 Å². The van der Waals surface area contributed by atoms with Gasteiger partial charge in [-0.2, -0.15) is 17.9 Å². The van der Waals surface area contributed by atoms with Gasteiger partial charge in [0.15, 0.2) is 0 Å². The molecule has 0 heterocycles. The van der Waals surface area contributed by atoms with Crippen LogP contribution in [0, 0.1) is 0 Å². The van der Waals surface area contributed by atoms with Gasteiger partial charge in [0, 0.05) is 0 Å². The van der Waals surface area contributed by atoms with E-state index in [0.29, 0.717) is 6.61 Å². The first kappa shape index (κ1) is 34.4. The lowest BCUT2D eigenvalue weighted by Gasteiger charge is -2.12. The third-order valence-electron chi connectivity index (χ3n) is 2.05. The summed E-state index contributed by atoms with van der Waals surface area (Å²) in [5.74, 6) is -1.36. The topological polar surface area (TPSA) is 142 Å². The van der Waals surface area contributed by atoms with E-state index in [9.17, 15) is 22.8 Å². The Kier molecular flexibility index (Phi) is 22.1. The Hall–Kier alpha value is -1.11. The second kappa shape index (κ2) is 18.0. The van der Waals surface area contributed by atoms with E-state index >= 15 is 0 Å². The first-order valence-electron chi connectivity index (χ1n) is 8.04. The average Bonchev–Trinajstić information content (AvgIpc) is 2.52. The molecule has 0 fully saturated rings. The van der Waals surface area contributed by atoms with E-state index in [0.717, 1.165) is 6.21 Å². The van der Waals surface area contributed by atoms with Gasteiger partial charge >= 0.3 is 11.9 Å². The number of ether oxygens (including phenoxy) is 2. The summed E-state index contributed by atoms with van der Waals surface area (Å²) in [6.45, 7) is 14.8. The maximum Gasteiger partial charge on any atom is 0.371 e. The van der Waals surface area contributed by atoms with Crippen molar-refractivity contribution < 1.29 is 32.3 Å². The highest BCUT2D eigenvalue weighted by Crippen LogP contribution is 2.11. The Balaban J connectivity index is -0.000000165. The van der Waals surface area contributed by atoms with Crippen LogP contribution in [0.5, 0.6) is 0 Å². The van der Waals surface area contributed by atoms with Crippen LogP contribution in [-0.4, -0.2) is 55.6 Å². The monoisotopic (exact) mass is 462 g/mol. The molecule has 0 saturated heterocycles. The third-order valence-corrected chi connectivity index (χ3v) is 4.60. The number of carbonyl (C=O) groups is 3. The number of esters is 2. The summed E-state index contributed by atoms with van der Waals surface area (Å²) in [6.07, 6.45) is 1.11. The molecule has 2 atom stereocenters. The number of hydrogen-bond acceptors (Lipinski definition) is 7. The molecular formula is C16H34N2O7S3. The van der Waals surface area contributed by atoms with Crippen molar-refractivity contribution in [2.24, 2.45) is 9.54 Å². The van der Waals surface area contributed by atoms with Gasteiger partial charge in [-0.15, -0.1) is 0 Å². The van der Waals surface area contributed by atoms with E-state index in [-0.39, 0.29) is 31.1 Å². The predicted octanol–water partition coefficient (Wildman–Crippen LogP) is 1.35. The van der Waals surface area contributed by atoms with Crippen LogP contribution >= 0.6 is 13.5 Å². The summed E-state index contributed by atoms with van der Waals surface area (Å²) in [4.78, 5) is 30.0. The van der Waals surface area contributed by atoms with Crippen molar-refractivity contribution in [3.05, 3.63) is 0 Å². The van der Waals surface area contributed by atoms with Gasteiger partial charge in [0.2, 0.25) is 6.29 Å². The van der Waals surface area contributed by atoms with Crippen molar-refractivity contribution in [1.29, 1.82) is 0 Å². The number of aldehydes is 1. The highest BCUT2D eigenvalue weighted by atomic mass is 32.2. The number of nitrogens with two attached hydrogens (primary N) is 1. The van der Waals surface area contributed by atoms with E-state index in [1.54, 1.807) is 34.6 Å². The Labute approximate surface area is 179 Å². The summed E-state index contributed by atoms with van der Waals surface area (Å²) >= 11 is 0. The molecule has 168 valence electrons. The fourth-order valence-electron chi connectivity index (χ4n) is 0.605. The van der Waals surface area contributed by atoms with Crippen LogP contribution in [0.2, 0.25) is 0 Å². The zero-order valence-corrected chi connectivity index (χ0v) is 20.4. The Morgan fingerprint density at radius 2 is 1.29 bits per heavy atom. The molecule has 0 aliphatic heterocycles. The van der Waals surface area contributed by atoms with Gasteiger partial charge in [0.05, 0.1) is 33.7 Å². The SMILES string of the molecule is CC(C)(C)[S@@](N)=O.CCOC(=O)C=N[S@@](=O)C(C)(C)C.CCOC(=O)C=O.S. The molecule has 0 spiro atoms. The van der Waals surface area contributed by atoms with Crippen LogP contribution in [0.15, 0.2) is 4.40 Å². The van der Waals surface area contributed by atoms with Crippen LogP contribution in [0.25, 0.3) is 0 Å². The second-order valence-corrected chi connectivity index (χ2v) is 10.4. The average molecular weight is 463 g/mol. The summed E-state index contributed by atoms with van der Waals surface area (Å²) in [7, 11) is -2.58. The van der Waals surface area contributed by atoms with Crippen molar-refractivity contribution in [2.75, 3.05) is 13.2 Å². The van der Waals surface area contributed by atoms with Gasteiger partial charge in [-0.3, -0.25) is 9.93 Å². The molecule has 0 rings (SSSR count). The van der Waals surface area contributed by atoms with Crippen LogP contribution in [0.1, 0.15) is 55.4 Å². The minimum absolute atomic E-state index is 0. The number of nitrogens with zero attached hydrogens (tertiary/aromatic N) is 1. The smallest absolute Gasteiger partial charge is 0.371 e. The van der Waals surface area contributed by atoms with Crippen molar-refractivity contribution in [3.63, 3.8) is 0 Å². The zero-order valence-electron chi connectivity index (χ0n) is 17.8. The highest BCUT2D eigenvalue weighted by molar-refractivity contribution is 7.85. The lowest BCUT2D eigenvalue weighted by Crippen LogP contribution is -2.27. The summed E-state index contributed by atoms with van der Waals surface area (Å²) in [5.41, 5.74) is 0. The third kappa shape index (κ3) is 24.9. The quantitative estimate of drug-likeness (QED) is 0.281. The maximum atomic E-state index is 11.3. The van der Waals surface area contributed by atoms with Gasteiger partial charge in [0.1, 0.15) is 17.2 Å². The molecule has 0 unspecified atom stereocenters. The molecule has 0 aliphatic carbocycles. The van der Waals surface area contributed by atoms with Crippen LogP contribution in [-0.2, 0) is 45.8 Å². The van der Waals surface area contributed by atoms with Gasteiger partial charge < -0.3 is 9.47 Å². The lowest BCUT2D eigenvalue weighted by molar-refractivity contribution is -0.148. The second-order valence-electron chi connectivity index (χ2n) is 6.63. The first-order chi connectivity index (χ1) is 12.1. The highest BCUT2D eigenvalue weighted by Gasteiger charge is 2.18. The summed E-state index contributed by atoms with van der Waals surface area (Å²) in [5, 5.41) is 5.04. The normalized spacial score (nSPS) is 12.8. The van der Waals surface area contributed by atoms with Crippen molar-refractivity contribution in [2.45, 2.75) is 64.9 Å². The molecule has 0 saturated carbocycles. The molecule has 0 amide bonds. The summed E-state index contributed by atoms with van der Waals surface area (Å²) < 4.78 is 33.3. The lowest BCUT2D eigenvalue weighted by atomic mass is 10.3. The number of rotatable bonds is 5. The molecule has 2 N–H and O–H groups in total. The van der Waals surface area contributed by atoms with Crippen molar-refractivity contribution in [3.8, 4) is 0 Å². The van der Waals surface area contributed by atoms with E-state index in [2.05, 4.69) is 13.9 Å². The molecule has 0 radical (unpaired) electrons. The standard InChI is InChI=1S/C8H15NO3S.C4H11NOS.C4H6O3.H2S/c1-5-12-7(10)6-9-13(11)8(2,3)4;1-4(2,3)7(5)6;1-2-7-4(6)3-5;/h6H,5H2,1-4H3;5H2,1-3H3;3H,2H2,1H3;1H2/t13-;7-;;/m00../s1. The van der Waals surface area contributed by atoms with Crippen molar-refractivity contribution in [1.82, 2.24) is 0 Å². The zero-order chi connectivity index (χ0) is 22.3. The molecular weight excluding hydrogens is 428 g/mol. The van der Waals surface area contributed by atoms with E-state index in [1.807, 2.05) is 20.8 Å². The maximum absolute atomic E-state index is 11.3. The van der Waals surface area contributed by atoms with E-state index in [1.165, 1.54) is 0 Å². The fraction of sp³-hybridized carbons (Fsp3) is 0.750. The Morgan fingerprint density at radius 1 is 0.929 bits per heavy atom. The van der Waals surface area contributed by atoms with Gasteiger partial charge in [0.25, 0.3) is 0 Å². The molecule has 28 heavy (non-hydrogen) atoms. The molecule has 12 heteroatoms. The Morgan fingerprint density at radius 3 is 1.50 bits per heavy atom. The molecule has 0 aromatic heterocycles. The minimum atomic E-state index is -1.39. The Bertz CT molecular complexity index is 539. The molecule has 9 nitrogen and oxygen atoms in total. The van der Waals surface area contributed by atoms with Gasteiger partial charge in [-0.1, -0.05) is 0 Å². The number of hydrogen-bond donors (Lipinski definition) is 1. The first-order valence-corrected chi connectivity index (χ1v) is 10.4. The van der Waals surface area contributed by atoms with E-state index < -0.39 is 38.7 Å². The largest absolute Gasteiger partial charge is 0.462 e. The number of carbonyl (C=O) groups excluding carboxylic acids is 3. The summed E-state index contributed by atoms with van der Waals surface area (Å²) in [6, 6.07) is 0. The van der Waals surface area contributed by atoms with E-state index in [4.69, 9.17) is 5.14 Å². The van der Waals surface area contributed by atoms with Crippen LogP contribution in [0.4, 0.5) is 0 Å². The predicted molar refractivity (Wildman–Crippen MR) is 118 cm³/mol. The fourth-order valence-corrected chi connectivity index (χ4v) is 1.10. The van der Waals surface area contributed by atoms with Crippen LogP contribution in [0.3, 0.4) is 0 Å². The molecule has 0 aromatic carbocycles. The molecule has 0 aliphatic rings. The molecule has 0 bridgehead atoms. The molecule has 0 aromatic rings. The van der Waals surface area contributed by atoms with Crippen LogP contribution < -0.4 is 5.14 Å². The van der Waals surface area contributed by atoms with Gasteiger partial charge in [-0.25, -0.2) is 18.0 Å². The van der Waals surface area contributed by atoms with Crippen molar-refractivity contribution >= 4 is 59.9 Å².